The molecular formula is C14H19N3OS. The maximum Gasteiger partial charge on any atom is 0.166 e. The van der Waals surface area contributed by atoms with Gasteiger partial charge in [-0.2, -0.15) is 0 Å². The van der Waals surface area contributed by atoms with Crippen LogP contribution in [-0.2, 0) is 0 Å². The van der Waals surface area contributed by atoms with Crippen molar-refractivity contribution in [3.05, 3.63) is 18.2 Å². The number of imidazole rings is 1. The Hall–Kier alpha value is -1.20. The summed E-state index contributed by atoms with van der Waals surface area (Å²) in [6.07, 6.45) is 2.67. The summed E-state index contributed by atoms with van der Waals surface area (Å²) in [7, 11) is 1.68. The number of rotatable bonds is 6. The number of benzene rings is 1. The zero-order valence-corrected chi connectivity index (χ0v) is 12.1. The zero-order chi connectivity index (χ0) is 13.2. The molecule has 1 heterocycles. The monoisotopic (exact) mass is 277 g/mol. The fraction of sp³-hybridized carbons (Fsp3) is 0.500. The average Bonchev–Trinajstić information content (AvgIpc) is 3.15. The Kier molecular flexibility index (Phi) is 3.66. The first-order valence-corrected chi connectivity index (χ1v) is 7.56. The minimum absolute atomic E-state index is 0.517. The summed E-state index contributed by atoms with van der Waals surface area (Å²) >= 11 is 1.78. The molecule has 102 valence electrons. The molecule has 1 aliphatic carbocycles. The molecule has 0 aliphatic heterocycles. The predicted molar refractivity (Wildman–Crippen MR) is 79.0 cm³/mol. The third-order valence-electron chi connectivity index (χ3n) is 3.25. The van der Waals surface area contributed by atoms with Gasteiger partial charge >= 0.3 is 0 Å². The van der Waals surface area contributed by atoms with Crippen LogP contribution >= 0.6 is 11.8 Å². The number of fused-ring (bicyclic) bond motifs is 1. The van der Waals surface area contributed by atoms with Gasteiger partial charge in [0, 0.05) is 23.9 Å². The van der Waals surface area contributed by atoms with Gasteiger partial charge in [0.15, 0.2) is 5.16 Å². The number of nitrogens with one attached hydrogen (secondary N) is 2. The number of ether oxygens (including phenoxy) is 1. The third kappa shape index (κ3) is 3.22. The van der Waals surface area contributed by atoms with Crippen molar-refractivity contribution in [2.24, 2.45) is 0 Å². The van der Waals surface area contributed by atoms with Gasteiger partial charge in [-0.25, -0.2) is 4.98 Å². The third-order valence-corrected chi connectivity index (χ3v) is 4.24. The summed E-state index contributed by atoms with van der Waals surface area (Å²) in [5, 5.41) is 5.04. The highest BCUT2D eigenvalue weighted by molar-refractivity contribution is 7.99. The van der Waals surface area contributed by atoms with E-state index in [1.54, 1.807) is 18.9 Å². The Labute approximate surface area is 117 Å². The van der Waals surface area contributed by atoms with E-state index in [-0.39, 0.29) is 0 Å². The van der Waals surface area contributed by atoms with Crippen LogP contribution < -0.4 is 10.1 Å². The number of methoxy groups -OCH3 is 1. The molecule has 4 nitrogen and oxygen atoms in total. The maximum absolute atomic E-state index is 5.22. The fourth-order valence-corrected chi connectivity index (χ4v) is 2.88. The molecular weight excluding hydrogens is 258 g/mol. The van der Waals surface area contributed by atoms with Crippen molar-refractivity contribution in [2.75, 3.05) is 13.7 Å². The first-order chi connectivity index (χ1) is 9.24. The molecule has 5 heteroatoms. The van der Waals surface area contributed by atoms with Gasteiger partial charge in [0.1, 0.15) is 5.75 Å². The van der Waals surface area contributed by atoms with Crippen LogP contribution in [0.3, 0.4) is 0 Å². The van der Waals surface area contributed by atoms with Crippen LogP contribution in [0, 0.1) is 0 Å². The highest BCUT2D eigenvalue weighted by Gasteiger charge is 2.21. The number of thioether (sulfide) groups is 1. The molecule has 0 radical (unpaired) electrons. The Morgan fingerprint density at radius 1 is 1.53 bits per heavy atom. The van der Waals surface area contributed by atoms with Crippen molar-refractivity contribution in [1.29, 1.82) is 0 Å². The van der Waals surface area contributed by atoms with Crippen LogP contribution in [0.25, 0.3) is 11.0 Å². The molecule has 1 aliphatic rings. The van der Waals surface area contributed by atoms with Crippen LogP contribution in [0.4, 0.5) is 0 Å². The second-order valence-corrected chi connectivity index (χ2v) is 6.46. The highest BCUT2D eigenvalue weighted by Crippen LogP contribution is 2.26. The van der Waals surface area contributed by atoms with Crippen molar-refractivity contribution in [1.82, 2.24) is 15.3 Å². The molecule has 3 rings (SSSR count). The Bertz CT molecular complexity index is 565. The molecule has 1 unspecified atom stereocenters. The molecule has 1 saturated carbocycles. The van der Waals surface area contributed by atoms with Crippen LogP contribution in [0.15, 0.2) is 23.4 Å². The number of aromatic nitrogens is 2. The second kappa shape index (κ2) is 5.43. The van der Waals surface area contributed by atoms with Crippen LogP contribution in [-0.4, -0.2) is 34.9 Å². The van der Waals surface area contributed by atoms with E-state index in [1.807, 2.05) is 18.2 Å². The van der Waals surface area contributed by atoms with Crippen molar-refractivity contribution < 1.29 is 4.74 Å². The number of aromatic amines is 1. The van der Waals surface area contributed by atoms with E-state index in [4.69, 9.17) is 4.74 Å². The average molecular weight is 277 g/mol. The largest absolute Gasteiger partial charge is 0.497 e. The molecule has 19 heavy (non-hydrogen) atoms. The molecule has 1 aromatic carbocycles. The van der Waals surface area contributed by atoms with Crippen LogP contribution in [0.2, 0.25) is 0 Å². The van der Waals surface area contributed by atoms with Crippen LogP contribution in [0.5, 0.6) is 5.75 Å². The normalized spacial score (nSPS) is 16.7. The van der Waals surface area contributed by atoms with Crippen molar-refractivity contribution >= 4 is 22.8 Å². The molecule has 0 bridgehead atoms. The topological polar surface area (TPSA) is 49.9 Å². The number of hydrogen-bond acceptors (Lipinski definition) is 4. The fourth-order valence-electron chi connectivity index (χ4n) is 2.00. The Morgan fingerprint density at radius 2 is 2.37 bits per heavy atom. The lowest BCUT2D eigenvalue weighted by atomic mass is 10.3. The van der Waals surface area contributed by atoms with Gasteiger partial charge in [0.05, 0.1) is 18.1 Å². The molecule has 0 saturated heterocycles. The molecule has 0 spiro atoms. The summed E-state index contributed by atoms with van der Waals surface area (Å²) in [5.74, 6) is 0.858. The van der Waals surface area contributed by atoms with Crippen LogP contribution in [0.1, 0.15) is 19.8 Å². The standard InChI is InChI=1S/C14H19N3OS/c1-9(8-15-10-3-4-10)19-14-16-12-6-5-11(18-2)7-13(12)17-14/h5-7,9-10,15H,3-4,8H2,1-2H3,(H,16,17). The summed E-state index contributed by atoms with van der Waals surface area (Å²) in [6.45, 7) is 3.27. The Balaban J connectivity index is 1.66. The summed E-state index contributed by atoms with van der Waals surface area (Å²) in [4.78, 5) is 7.94. The lowest BCUT2D eigenvalue weighted by Gasteiger charge is -2.09. The van der Waals surface area contributed by atoms with Gasteiger partial charge in [0.2, 0.25) is 0 Å². The SMILES string of the molecule is COc1ccc2nc(SC(C)CNC3CC3)[nH]c2c1. The highest BCUT2D eigenvalue weighted by atomic mass is 32.2. The molecule has 1 atom stereocenters. The van der Waals surface area contributed by atoms with E-state index in [2.05, 4.69) is 22.2 Å². The smallest absolute Gasteiger partial charge is 0.166 e. The van der Waals surface area contributed by atoms with Crippen molar-refractivity contribution in [3.8, 4) is 5.75 Å². The first-order valence-electron chi connectivity index (χ1n) is 6.68. The summed E-state index contributed by atoms with van der Waals surface area (Å²) < 4.78 is 5.22. The van der Waals surface area contributed by atoms with E-state index >= 15 is 0 Å². The zero-order valence-electron chi connectivity index (χ0n) is 11.3. The van der Waals surface area contributed by atoms with E-state index in [9.17, 15) is 0 Å². The van der Waals surface area contributed by atoms with Gasteiger partial charge < -0.3 is 15.0 Å². The van der Waals surface area contributed by atoms with E-state index < -0.39 is 0 Å². The van der Waals surface area contributed by atoms with Crippen molar-refractivity contribution in [3.63, 3.8) is 0 Å². The number of nitrogens with zero attached hydrogens (tertiary/aromatic N) is 1. The lowest BCUT2D eigenvalue weighted by molar-refractivity contribution is 0.415. The van der Waals surface area contributed by atoms with Crippen molar-refractivity contribution in [2.45, 2.75) is 36.2 Å². The quantitative estimate of drug-likeness (QED) is 0.797. The van der Waals surface area contributed by atoms with Gasteiger partial charge in [-0.05, 0) is 25.0 Å². The lowest BCUT2D eigenvalue weighted by Crippen LogP contribution is -2.24. The second-order valence-electron chi connectivity index (χ2n) is 5.04. The molecule has 0 amide bonds. The van der Waals surface area contributed by atoms with E-state index in [0.29, 0.717) is 5.25 Å². The molecule has 1 aromatic heterocycles. The van der Waals surface area contributed by atoms with E-state index in [0.717, 1.165) is 34.5 Å². The van der Waals surface area contributed by atoms with Gasteiger partial charge in [-0.15, -0.1) is 0 Å². The molecule has 1 fully saturated rings. The molecule has 2 N–H and O–H groups in total. The van der Waals surface area contributed by atoms with E-state index in [1.165, 1.54) is 12.8 Å². The maximum atomic E-state index is 5.22. The van der Waals surface area contributed by atoms with Gasteiger partial charge in [0.25, 0.3) is 0 Å². The van der Waals surface area contributed by atoms with Gasteiger partial charge in [-0.3, -0.25) is 0 Å². The number of hydrogen-bond donors (Lipinski definition) is 2. The molecule has 2 aromatic rings. The minimum Gasteiger partial charge on any atom is -0.497 e. The minimum atomic E-state index is 0.517. The summed E-state index contributed by atoms with van der Waals surface area (Å²) in [6, 6.07) is 6.68. The summed E-state index contributed by atoms with van der Waals surface area (Å²) in [5.41, 5.74) is 2.02. The van der Waals surface area contributed by atoms with Gasteiger partial charge in [-0.1, -0.05) is 18.7 Å². The Morgan fingerprint density at radius 3 is 3.11 bits per heavy atom. The predicted octanol–water partition coefficient (Wildman–Crippen LogP) is 2.80. The number of H-pyrrole nitrogens is 1. The first kappa shape index (κ1) is 12.8.